The maximum atomic E-state index is 12.1. The van der Waals surface area contributed by atoms with E-state index in [-0.39, 0.29) is 12.1 Å². The van der Waals surface area contributed by atoms with Gasteiger partial charge in [-0.25, -0.2) is 9.78 Å². The molecule has 2 aliphatic rings. The van der Waals surface area contributed by atoms with Crippen molar-refractivity contribution in [3.05, 3.63) is 34.8 Å². The van der Waals surface area contributed by atoms with E-state index < -0.39 is 0 Å². The molecule has 0 radical (unpaired) electrons. The van der Waals surface area contributed by atoms with Gasteiger partial charge in [0.1, 0.15) is 17.4 Å². The lowest BCUT2D eigenvalue weighted by Gasteiger charge is -2.23. The molecule has 4 rings (SSSR count). The van der Waals surface area contributed by atoms with Gasteiger partial charge in [-0.1, -0.05) is 6.42 Å². The number of ether oxygens (including phenoxy) is 3. The van der Waals surface area contributed by atoms with E-state index in [9.17, 15) is 4.79 Å². The summed E-state index contributed by atoms with van der Waals surface area (Å²) in [6.45, 7) is 1.29. The zero-order chi connectivity index (χ0) is 17.9. The summed E-state index contributed by atoms with van der Waals surface area (Å²) in [6.07, 6.45) is 7.99. The Balaban J connectivity index is 1.58. The number of aromatic nitrogens is 1. The molecule has 5 nitrogen and oxygen atoms in total. The molecular formula is C20H23NO4S. The lowest BCUT2D eigenvalue weighted by molar-refractivity contribution is 0.0598. The van der Waals surface area contributed by atoms with Crippen LogP contribution < -0.4 is 4.74 Å². The highest BCUT2D eigenvalue weighted by Crippen LogP contribution is 2.41. The van der Waals surface area contributed by atoms with Gasteiger partial charge in [0.25, 0.3) is 0 Å². The van der Waals surface area contributed by atoms with Gasteiger partial charge >= 0.3 is 5.97 Å². The molecule has 1 aliphatic carbocycles. The maximum absolute atomic E-state index is 12.1. The Labute approximate surface area is 157 Å². The molecule has 2 aromatic rings. The van der Waals surface area contributed by atoms with Crippen molar-refractivity contribution in [3.63, 3.8) is 0 Å². The molecule has 0 amide bonds. The normalized spacial score (nSPS) is 20.0. The van der Waals surface area contributed by atoms with Crippen LogP contribution in [-0.2, 0) is 9.47 Å². The lowest BCUT2D eigenvalue weighted by Crippen LogP contribution is -2.16. The summed E-state index contributed by atoms with van der Waals surface area (Å²) >= 11 is 1.71. The van der Waals surface area contributed by atoms with Crippen molar-refractivity contribution in [1.82, 2.24) is 4.98 Å². The van der Waals surface area contributed by atoms with Crippen LogP contribution in [0.1, 0.15) is 53.3 Å². The number of hydrogen-bond acceptors (Lipinski definition) is 6. The maximum Gasteiger partial charge on any atom is 0.338 e. The summed E-state index contributed by atoms with van der Waals surface area (Å²) < 4.78 is 16.4. The number of methoxy groups -OCH3 is 1. The van der Waals surface area contributed by atoms with Gasteiger partial charge in [-0.15, -0.1) is 11.3 Å². The molecule has 0 bridgehead atoms. The molecule has 1 aliphatic heterocycles. The molecule has 6 heteroatoms. The molecule has 1 saturated heterocycles. The molecule has 1 aromatic carbocycles. The van der Waals surface area contributed by atoms with Crippen LogP contribution >= 0.6 is 11.3 Å². The first-order valence-electron chi connectivity index (χ1n) is 9.17. The molecule has 0 unspecified atom stereocenters. The van der Waals surface area contributed by atoms with Crippen LogP contribution in [0.3, 0.4) is 0 Å². The van der Waals surface area contributed by atoms with Gasteiger partial charge in [-0.3, -0.25) is 0 Å². The van der Waals surface area contributed by atoms with E-state index in [1.165, 1.54) is 31.2 Å². The van der Waals surface area contributed by atoms with Crippen LogP contribution in [0, 0.1) is 0 Å². The van der Waals surface area contributed by atoms with Gasteiger partial charge in [-0.05, 0) is 49.8 Å². The number of thiazole rings is 1. The minimum Gasteiger partial charge on any atom is -0.491 e. The second-order valence-electron chi connectivity index (χ2n) is 6.88. The van der Waals surface area contributed by atoms with Gasteiger partial charge in [-0.2, -0.15) is 0 Å². The standard InChI is InChI=1S/C20H23NO4S/c1-23-20(22)15-8-14(19-21-11-18(26-19)13-4-2-5-13)9-17(10-15)25-12-16-6-3-7-24-16/h8-11,13,16H,2-7,12H2,1H3/t16-/m0/s1. The molecule has 0 N–H and O–H groups in total. The highest BCUT2D eigenvalue weighted by molar-refractivity contribution is 7.15. The molecular weight excluding hydrogens is 350 g/mol. The van der Waals surface area contributed by atoms with Crippen molar-refractivity contribution in [3.8, 4) is 16.3 Å². The predicted octanol–water partition coefficient (Wildman–Crippen LogP) is 4.42. The summed E-state index contributed by atoms with van der Waals surface area (Å²) in [5.41, 5.74) is 1.37. The largest absolute Gasteiger partial charge is 0.491 e. The van der Waals surface area contributed by atoms with Crippen LogP contribution in [0.4, 0.5) is 0 Å². The number of esters is 1. The topological polar surface area (TPSA) is 57.7 Å². The van der Waals surface area contributed by atoms with Crippen LogP contribution in [0.5, 0.6) is 5.75 Å². The van der Waals surface area contributed by atoms with E-state index in [1.54, 1.807) is 17.4 Å². The third kappa shape index (κ3) is 3.76. The molecule has 26 heavy (non-hydrogen) atoms. The Morgan fingerprint density at radius 1 is 1.27 bits per heavy atom. The molecule has 1 atom stereocenters. The molecule has 2 heterocycles. The summed E-state index contributed by atoms with van der Waals surface area (Å²) in [5, 5.41) is 0.916. The van der Waals surface area contributed by atoms with Crippen molar-refractivity contribution in [2.45, 2.75) is 44.1 Å². The third-order valence-corrected chi connectivity index (χ3v) is 6.27. The fourth-order valence-electron chi connectivity index (χ4n) is 3.31. The Morgan fingerprint density at radius 2 is 2.15 bits per heavy atom. The van der Waals surface area contributed by atoms with Crippen molar-refractivity contribution < 1.29 is 19.0 Å². The van der Waals surface area contributed by atoms with Gasteiger partial charge in [0, 0.05) is 23.2 Å². The van der Waals surface area contributed by atoms with Crippen molar-refractivity contribution >= 4 is 17.3 Å². The SMILES string of the molecule is COC(=O)c1cc(OC[C@@H]2CCCO2)cc(-c2ncc(C3CCC3)s2)c1. The van der Waals surface area contributed by atoms with E-state index in [4.69, 9.17) is 14.2 Å². The first-order valence-corrected chi connectivity index (χ1v) is 9.98. The molecule has 138 valence electrons. The van der Waals surface area contributed by atoms with Gasteiger partial charge in [0.15, 0.2) is 0 Å². The van der Waals surface area contributed by atoms with Crippen molar-refractivity contribution in [2.75, 3.05) is 20.3 Å². The average Bonchev–Trinajstić information content (AvgIpc) is 3.29. The van der Waals surface area contributed by atoms with Crippen LogP contribution in [0.2, 0.25) is 0 Å². The van der Waals surface area contributed by atoms with E-state index in [2.05, 4.69) is 4.98 Å². The highest BCUT2D eigenvalue weighted by Gasteiger charge is 2.23. The van der Waals surface area contributed by atoms with Crippen LogP contribution in [0.25, 0.3) is 10.6 Å². The quantitative estimate of drug-likeness (QED) is 0.702. The first kappa shape index (κ1) is 17.5. The summed E-state index contributed by atoms with van der Waals surface area (Å²) in [5.74, 6) is 0.934. The minimum atomic E-state index is -0.371. The number of hydrogen-bond donors (Lipinski definition) is 0. The predicted molar refractivity (Wildman–Crippen MR) is 100.0 cm³/mol. The van der Waals surface area contributed by atoms with Gasteiger partial charge in [0.2, 0.25) is 0 Å². The van der Waals surface area contributed by atoms with Crippen molar-refractivity contribution in [1.29, 1.82) is 0 Å². The number of nitrogens with zero attached hydrogens (tertiary/aromatic N) is 1. The monoisotopic (exact) mass is 373 g/mol. The molecule has 0 spiro atoms. The van der Waals surface area contributed by atoms with E-state index in [0.717, 1.165) is 30.0 Å². The molecule has 2 fully saturated rings. The Morgan fingerprint density at radius 3 is 2.85 bits per heavy atom. The number of benzene rings is 1. The molecule has 1 aromatic heterocycles. The highest BCUT2D eigenvalue weighted by atomic mass is 32.1. The minimum absolute atomic E-state index is 0.130. The second kappa shape index (κ2) is 7.76. The summed E-state index contributed by atoms with van der Waals surface area (Å²) in [7, 11) is 1.39. The Bertz CT molecular complexity index is 778. The molecule has 1 saturated carbocycles. The average molecular weight is 373 g/mol. The second-order valence-corrected chi connectivity index (χ2v) is 7.94. The zero-order valence-electron chi connectivity index (χ0n) is 14.9. The number of rotatable bonds is 6. The third-order valence-electron chi connectivity index (χ3n) is 5.07. The number of carbonyl (C=O) groups excluding carboxylic acids is 1. The lowest BCUT2D eigenvalue weighted by atomic mass is 9.85. The Hall–Kier alpha value is -1.92. The smallest absolute Gasteiger partial charge is 0.338 e. The van der Waals surface area contributed by atoms with Crippen LogP contribution in [0.15, 0.2) is 24.4 Å². The Kier molecular flexibility index (Phi) is 5.22. The fraction of sp³-hybridized carbons (Fsp3) is 0.500. The fourth-order valence-corrected chi connectivity index (χ4v) is 4.38. The van der Waals surface area contributed by atoms with E-state index >= 15 is 0 Å². The summed E-state index contributed by atoms with van der Waals surface area (Å²) in [6, 6.07) is 5.50. The van der Waals surface area contributed by atoms with Crippen LogP contribution in [-0.4, -0.2) is 37.4 Å². The van der Waals surface area contributed by atoms with Crippen molar-refractivity contribution in [2.24, 2.45) is 0 Å². The number of carbonyl (C=O) groups is 1. The van der Waals surface area contributed by atoms with E-state index in [0.29, 0.717) is 23.8 Å². The first-order chi connectivity index (χ1) is 12.7. The summed E-state index contributed by atoms with van der Waals surface area (Å²) in [4.78, 5) is 18.0. The zero-order valence-corrected chi connectivity index (χ0v) is 15.7. The van der Waals surface area contributed by atoms with Gasteiger partial charge in [0.05, 0.1) is 18.8 Å². The van der Waals surface area contributed by atoms with Gasteiger partial charge < -0.3 is 14.2 Å². The van der Waals surface area contributed by atoms with E-state index in [1.807, 2.05) is 18.3 Å².